The van der Waals surface area contributed by atoms with Gasteiger partial charge >= 0.3 is 5.63 Å². The molecule has 0 saturated carbocycles. The van der Waals surface area contributed by atoms with Crippen LogP contribution in [0.15, 0.2) is 45.6 Å². The lowest BCUT2D eigenvalue weighted by atomic mass is 10.0. The quantitative estimate of drug-likeness (QED) is 0.512. The van der Waals surface area contributed by atoms with Gasteiger partial charge in [-0.2, -0.15) is 0 Å². The van der Waals surface area contributed by atoms with Crippen LogP contribution in [0, 0.1) is 12.7 Å². The molecule has 7 nitrogen and oxygen atoms in total. The van der Waals surface area contributed by atoms with Crippen LogP contribution in [-0.4, -0.2) is 54.9 Å². The number of carbonyl (C=O) groups is 2. The van der Waals surface area contributed by atoms with Crippen molar-refractivity contribution >= 4 is 34.4 Å². The molecule has 1 fully saturated rings. The fraction of sp³-hybridized carbons (Fsp3) is 0.320. The normalized spacial score (nSPS) is 13.9. The minimum atomic E-state index is -0.507. The Morgan fingerprint density at radius 3 is 2.47 bits per heavy atom. The van der Waals surface area contributed by atoms with Crippen LogP contribution in [0.4, 0.5) is 4.39 Å². The van der Waals surface area contributed by atoms with E-state index >= 15 is 0 Å². The van der Waals surface area contributed by atoms with Gasteiger partial charge in [-0.1, -0.05) is 11.6 Å². The van der Waals surface area contributed by atoms with Crippen LogP contribution in [0.5, 0.6) is 5.75 Å². The Morgan fingerprint density at radius 2 is 1.79 bits per heavy atom. The molecule has 3 aromatic rings. The van der Waals surface area contributed by atoms with E-state index in [1.165, 1.54) is 12.1 Å². The molecule has 4 rings (SSSR count). The highest BCUT2D eigenvalue weighted by Crippen LogP contribution is 2.25. The van der Waals surface area contributed by atoms with E-state index in [1.807, 2.05) is 13.0 Å². The SMILES string of the molecule is COc1ccc2c(C)c(CCC(=O)N3CCN(C(=O)c4ccc(F)cc4Cl)CC3)c(=O)oc2c1. The summed E-state index contributed by atoms with van der Waals surface area (Å²) in [7, 11) is 1.54. The maximum atomic E-state index is 13.3. The summed E-state index contributed by atoms with van der Waals surface area (Å²) >= 11 is 6.01. The predicted octanol–water partition coefficient (Wildman–Crippen LogP) is 3.82. The average molecular weight is 487 g/mol. The van der Waals surface area contributed by atoms with Gasteiger partial charge < -0.3 is 19.0 Å². The molecule has 2 aromatic carbocycles. The molecule has 34 heavy (non-hydrogen) atoms. The topological polar surface area (TPSA) is 80.1 Å². The lowest BCUT2D eigenvalue weighted by molar-refractivity contribution is -0.132. The van der Waals surface area contributed by atoms with Gasteiger partial charge in [0, 0.05) is 49.6 Å². The number of fused-ring (bicyclic) bond motifs is 1. The largest absolute Gasteiger partial charge is 0.497 e. The number of halogens is 2. The van der Waals surface area contributed by atoms with Crippen molar-refractivity contribution in [3.05, 3.63) is 74.3 Å². The monoisotopic (exact) mass is 486 g/mol. The Bertz CT molecular complexity index is 1310. The molecular weight excluding hydrogens is 463 g/mol. The number of hydrogen-bond donors (Lipinski definition) is 0. The third-order valence-corrected chi connectivity index (χ3v) is 6.48. The van der Waals surface area contributed by atoms with E-state index in [-0.39, 0.29) is 35.2 Å². The van der Waals surface area contributed by atoms with Crippen molar-refractivity contribution in [1.82, 2.24) is 9.80 Å². The summed E-state index contributed by atoms with van der Waals surface area (Å²) in [6.45, 7) is 3.27. The number of methoxy groups -OCH3 is 1. The smallest absolute Gasteiger partial charge is 0.339 e. The summed E-state index contributed by atoms with van der Waals surface area (Å²) in [5.74, 6) is -0.302. The molecule has 0 radical (unpaired) electrons. The van der Waals surface area contributed by atoms with Crippen molar-refractivity contribution in [3.8, 4) is 5.75 Å². The van der Waals surface area contributed by atoms with Gasteiger partial charge in [-0.25, -0.2) is 9.18 Å². The molecule has 0 unspecified atom stereocenters. The summed E-state index contributed by atoms with van der Waals surface area (Å²) in [6.07, 6.45) is 0.421. The van der Waals surface area contributed by atoms with Crippen molar-refractivity contribution in [2.45, 2.75) is 19.8 Å². The summed E-state index contributed by atoms with van der Waals surface area (Å²) < 4.78 is 23.9. The van der Waals surface area contributed by atoms with E-state index < -0.39 is 11.4 Å². The number of benzene rings is 2. The zero-order valence-corrected chi connectivity index (χ0v) is 19.7. The number of amides is 2. The number of ether oxygens (including phenoxy) is 1. The molecule has 0 spiro atoms. The minimum absolute atomic E-state index is 0.0616. The molecule has 1 saturated heterocycles. The molecule has 1 aliphatic rings. The molecule has 2 heterocycles. The summed E-state index contributed by atoms with van der Waals surface area (Å²) in [6, 6.07) is 8.96. The first kappa shape index (κ1) is 23.8. The van der Waals surface area contributed by atoms with E-state index in [4.69, 9.17) is 20.8 Å². The van der Waals surface area contributed by atoms with Crippen LogP contribution in [-0.2, 0) is 11.2 Å². The fourth-order valence-electron chi connectivity index (χ4n) is 4.17. The van der Waals surface area contributed by atoms with Gasteiger partial charge in [0.2, 0.25) is 5.91 Å². The van der Waals surface area contributed by atoms with Gasteiger partial charge in [0.15, 0.2) is 0 Å². The first-order valence-corrected chi connectivity index (χ1v) is 11.3. The van der Waals surface area contributed by atoms with Crippen LogP contribution in [0.3, 0.4) is 0 Å². The van der Waals surface area contributed by atoms with E-state index in [2.05, 4.69) is 0 Å². The number of carbonyl (C=O) groups excluding carboxylic acids is 2. The third-order valence-electron chi connectivity index (χ3n) is 6.16. The van der Waals surface area contributed by atoms with Gasteiger partial charge in [0.1, 0.15) is 17.1 Å². The van der Waals surface area contributed by atoms with Gasteiger partial charge in [0.05, 0.1) is 17.7 Å². The molecule has 0 aliphatic carbocycles. The Balaban J connectivity index is 1.38. The molecule has 1 aromatic heterocycles. The van der Waals surface area contributed by atoms with Crippen molar-refractivity contribution in [1.29, 1.82) is 0 Å². The molecular formula is C25H24ClFN2O5. The molecule has 1 aliphatic heterocycles. The first-order chi connectivity index (χ1) is 16.3. The minimum Gasteiger partial charge on any atom is -0.497 e. The molecule has 9 heteroatoms. The second-order valence-electron chi connectivity index (χ2n) is 8.15. The maximum absolute atomic E-state index is 13.3. The van der Waals surface area contributed by atoms with Crippen LogP contribution >= 0.6 is 11.6 Å². The lowest BCUT2D eigenvalue weighted by Gasteiger charge is -2.35. The molecule has 0 N–H and O–H groups in total. The molecule has 0 bridgehead atoms. The molecule has 178 valence electrons. The Labute approximate surface area is 200 Å². The lowest BCUT2D eigenvalue weighted by Crippen LogP contribution is -2.50. The maximum Gasteiger partial charge on any atom is 0.339 e. The summed E-state index contributed by atoms with van der Waals surface area (Å²) in [4.78, 5) is 41.3. The third kappa shape index (κ3) is 4.77. The number of nitrogens with zero attached hydrogens (tertiary/aromatic N) is 2. The predicted molar refractivity (Wildman–Crippen MR) is 126 cm³/mol. The van der Waals surface area contributed by atoms with Crippen molar-refractivity contribution < 1.29 is 23.1 Å². The van der Waals surface area contributed by atoms with Gasteiger partial charge in [0.25, 0.3) is 5.91 Å². The van der Waals surface area contributed by atoms with Crippen molar-refractivity contribution in [3.63, 3.8) is 0 Å². The highest BCUT2D eigenvalue weighted by Gasteiger charge is 2.26. The molecule has 2 amide bonds. The van der Waals surface area contributed by atoms with Gasteiger partial charge in [-0.15, -0.1) is 0 Å². The van der Waals surface area contributed by atoms with E-state index in [0.717, 1.165) is 17.0 Å². The number of hydrogen-bond acceptors (Lipinski definition) is 5. The second kappa shape index (κ2) is 9.85. The standard InChI is InChI=1S/C25H24ClFN2O5/c1-15-18-6-4-17(33-2)14-22(18)34-25(32)19(15)7-8-23(30)28-9-11-29(12-10-28)24(31)20-5-3-16(27)13-21(20)26/h3-6,13-14H,7-12H2,1-2H3. The highest BCUT2D eigenvalue weighted by atomic mass is 35.5. The Hall–Kier alpha value is -3.39. The van der Waals surface area contributed by atoms with Crippen LogP contribution in [0.25, 0.3) is 11.0 Å². The zero-order chi connectivity index (χ0) is 24.4. The Kier molecular flexibility index (Phi) is 6.88. The van der Waals surface area contributed by atoms with Crippen molar-refractivity contribution in [2.75, 3.05) is 33.3 Å². The summed E-state index contributed by atoms with van der Waals surface area (Å²) in [5, 5.41) is 0.862. The van der Waals surface area contributed by atoms with Crippen LogP contribution in [0.1, 0.15) is 27.9 Å². The fourth-order valence-corrected chi connectivity index (χ4v) is 4.42. The van der Waals surface area contributed by atoms with Crippen molar-refractivity contribution in [2.24, 2.45) is 0 Å². The highest BCUT2D eigenvalue weighted by molar-refractivity contribution is 6.33. The first-order valence-electron chi connectivity index (χ1n) is 10.9. The average Bonchev–Trinajstić information content (AvgIpc) is 2.83. The second-order valence-corrected chi connectivity index (χ2v) is 8.56. The summed E-state index contributed by atoms with van der Waals surface area (Å²) in [5.41, 5.74) is 1.48. The van der Waals surface area contributed by atoms with Gasteiger partial charge in [-0.05, 0) is 49.2 Å². The van der Waals surface area contributed by atoms with E-state index in [9.17, 15) is 18.8 Å². The number of aryl methyl sites for hydroxylation is 1. The van der Waals surface area contributed by atoms with Crippen LogP contribution in [0.2, 0.25) is 5.02 Å². The Morgan fingerprint density at radius 1 is 1.09 bits per heavy atom. The zero-order valence-electron chi connectivity index (χ0n) is 18.9. The molecule has 0 atom stereocenters. The van der Waals surface area contributed by atoms with E-state index in [0.29, 0.717) is 43.1 Å². The van der Waals surface area contributed by atoms with Gasteiger partial charge in [-0.3, -0.25) is 9.59 Å². The van der Waals surface area contributed by atoms with E-state index in [1.54, 1.807) is 29.0 Å². The number of piperazine rings is 1. The number of rotatable bonds is 5. The van der Waals surface area contributed by atoms with Crippen LogP contribution < -0.4 is 10.4 Å².